The number of rotatable bonds is 8. The molecule has 1 atom stereocenters. The van der Waals surface area contributed by atoms with Crippen LogP contribution in [0.25, 0.3) is 5.76 Å². The van der Waals surface area contributed by atoms with Crippen LogP contribution in [0.2, 0.25) is 5.02 Å². The van der Waals surface area contributed by atoms with Crippen LogP contribution in [0.15, 0.2) is 54.1 Å². The first-order chi connectivity index (χ1) is 15.3. The molecule has 0 saturated carbocycles. The van der Waals surface area contributed by atoms with Gasteiger partial charge in [0.2, 0.25) is 0 Å². The Morgan fingerprint density at radius 3 is 2.16 bits per heavy atom. The van der Waals surface area contributed by atoms with E-state index < -0.39 is 17.7 Å². The number of anilines is 1. The summed E-state index contributed by atoms with van der Waals surface area (Å²) in [7, 11) is 3.91. The molecule has 0 spiro atoms. The number of benzene rings is 2. The Morgan fingerprint density at radius 1 is 1.03 bits per heavy atom. The molecule has 1 heterocycles. The summed E-state index contributed by atoms with van der Waals surface area (Å²) in [5, 5.41) is 11.6. The molecule has 0 radical (unpaired) electrons. The lowest BCUT2D eigenvalue weighted by molar-refractivity contribution is -0.895. The van der Waals surface area contributed by atoms with Gasteiger partial charge in [-0.25, -0.2) is 0 Å². The number of likely N-dealkylation sites (tertiary alicyclic amines) is 1. The van der Waals surface area contributed by atoms with Gasteiger partial charge in [0.1, 0.15) is 5.76 Å². The third kappa shape index (κ3) is 4.81. The standard InChI is InChI=1S/C25H30ClN3O3/c1-5-28(6-2)15-16-29-22(17-9-13-20(14-10-17)27(3)4)21(24(31)25(29)32)23(30)18-7-11-19(26)12-8-18/h7-14,22,30H,5-6,15-16H2,1-4H3/p+1/t22-/m1/s1. The SMILES string of the molecule is CC[NH+](CC)CCN1C(=O)C(=O)C(=C(O)c2ccc(Cl)cc2)[C@H]1c1ccc(N(C)C)cc1. The van der Waals surface area contributed by atoms with E-state index >= 15 is 0 Å². The molecule has 0 unspecified atom stereocenters. The molecule has 0 bridgehead atoms. The van der Waals surface area contributed by atoms with E-state index in [0.29, 0.717) is 17.1 Å². The van der Waals surface area contributed by atoms with Crippen LogP contribution in [0, 0.1) is 0 Å². The van der Waals surface area contributed by atoms with Crippen LogP contribution in [0.4, 0.5) is 5.69 Å². The summed E-state index contributed by atoms with van der Waals surface area (Å²) in [6.45, 7) is 7.24. The average molecular weight is 457 g/mol. The van der Waals surface area contributed by atoms with Crippen molar-refractivity contribution in [1.82, 2.24) is 4.90 Å². The molecule has 2 aromatic carbocycles. The van der Waals surface area contributed by atoms with Crippen LogP contribution >= 0.6 is 11.6 Å². The number of hydrogen-bond donors (Lipinski definition) is 2. The van der Waals surface area contributed by atoms with Gasteiger partial charge in [-0.3, -0.25) is 9.59 Å². The van der Waals surface area contributed by atoms with Crippen molar-refractivity contribution >= 4 is 34.7 Å². The van der Waals surface area contributed by atoms with Gasteiger partial charge in [0.25, 0.3) is 11.7 Å². The quantitative estimate of drug-likeness (QED) is 0.364. The molecular formula is C25H31ClN3O3+. The molecule has 1 aliphatic rings. The van der Waals surface area contributed by atoms with Gasteiger partial charge in [0.05, 0.1) is 37.8 Å². The molecule has 2 N–H and O–H groups in total. The van der Waals surface area contributed by atoms with Gasteiger partial charge in [-0.05, 0) is 55.8 Å². The zero-order valence-corrected chi connectivity index (χ0v) is 19.8. The molecule has 1 amide bonds. The Balaban J connectivity index is 2.09. The lowest BCUT2D eigenvalue weighted by Gasteiger charge is -2.27. The van der Waals surface area contributed by atoms with Crippen LogP contribution in [0.5, 0.6) is 0 Å². The number of nitrogens with zero attached hydrogens (tertiary/aromatic N) is 2. The summed E-state index contributed by atoms with van der Waals surface area (Å²) in [5.41, 5.74) is 2.37. The minimum absolute atomic E-state index is 0.115. The molecule has 1 aliphatic heterocycles. The van der Waals surface area contributed by atoms with Crippen molar-refractivity contribution in [3.8, 4) is 0 Å². The predicted molar refractivity (Wildman–Crippen MR) is 128 cm³/mol. The Bertz CT molecular complexity index is 996. The van der Waals surface area contributed by atoms with Crippen molar-refractivity contribution in [2.45, 2.75) is 19.9 Å². The number of ketones is 1. The number of carbonyl (C=O) groups excluding carboxylic acids is 2. The second-order valence-corrected chi connectivity index (χ2v) is 8.63. The van der Waals surface area contributed by atoms with Gasteiger partial charge in [-0.2, -0.15) is 0 Å². The third-order valence-electron chi connectivity index (χ3n) is 6.09. The highest BCUT2D eigenvalue weighted by Gasteiger charge is 2.46. The van der Waals surface area contributed by atoms with Gasteiger partial charge in [0.15, 0.2) is 0 Å². The lowest BCUT2D eigenvalue weighted by Crippen LogP contribution is -3.12. The van der Waals surface area contributed by atoms with Crippen molar-refractivity contribution in [3.63, 3.8) is 0 Å². The first-order valence-corrected chi connectivity index (χ1v) is 11.3. The summed E-state index contributed by atoms with van der Waals surface area (Å²) in [6, 6.07) is 13.7. The van der Waals surface area contributed by atoms with Gasteiger partial charge in [-0.1, -0.05) is 23.7 Å². The number of carbonyl (C=O) groups is 2. The smallest absolute Gasteiger partial charge is 0.295 e. The van der Waals surface area contributed by atoms with Crippen molar-refractivity contribution in [3.05, 3.63) is 70.3 Å². The van der Waals surface area contributed by atoms with E-state index in [1.54, 1.807) is 29.2 Å². The number of amides is 1. The van der Waals surface area contributed by atoms with Crippen LogP contribution in [-0.2, 0) is 9.59 Å². The van der Waals surface area contributed by atoms with Gasteiger partial charge in [0, 0.05) is 30.4 Å². The summed E-state index contributed by atoms with van der Waals surface area (Å²) >= 11 is 5.98. The number of aliphatic hydroxyl groups excluding tert-OH is 1. The number of nitrogens with one attached hydrogen (secondary N) is 1. The first-order valence-electron chi connectivity index (χ1n) is 10.9. The number of quaternary nitrogens is 1. The Labute approximate surface area is 194 Å². The largest absolute Gasteiger partial charge is 0.507 e. The number of hydrogen-bond acceptors (Lipinski definition) is 4. The highest BCUT2D eigenvalue weighted by molar-refractivity contribution is 6.46. The minimum atomic E-state index is -0.659. The number of Topliss-reactive ketones (excluding diaryl/α,β-unsaturated/α-hetero) is 1. The fourth-order valence-electron chi connectivity index (χ4n) is 4.06. The lowest BCUT2D eigenvalue weighted by atomic mass is 9.95. The third-order valence-corrected chi connectivity index (χ3v) is 6.34. The van der Waals surface area contributed by atoms with Crippen molar-refractivity contribution in [2.24, 2.45) is 0 Å². The van der Waals surface area contributed by atoms with Gasteiger partial charge in [-0.15, -0.1) is 0 Å². The highest BCUT2D eigenvalue weighted by Crippen LogP contribution is 2.39. The summed E-state index contributed by atoms with van der Waals surface area (Å²) in [4.78, 5) is 31.1. The van der Waals surface area contributed by atoms with Crippen LogP contribution < -0.4 is 9.80 Å². The molecular weight excluding hydrogens is 426 g/mol. The van der Waals surface area contributed by atoms with Crippen LogP contribution in [0.1, 0.15) is 31.0 Å². The molecule has 1 fully saturated rings. The summed E-state index contributed by atoms with van der Waals surface area (Å²) < 4.78 is 0. The fourth-order valence-corrected chi connectivity index (χ4v) is 4.18. The molecule has 0 aromatic heterocycles. The molecule has 1 saturated heterocycles. The topological polar surface area (TPSA) is 65.3 Å². The molecule has 2 aromatic rings. The summed E-state index contributed by atoms with van der Waals surface area (Å²) in [5.74, 6) is -1.41. The van der Waals surface area contributed by atoms with E-state index in [0.717, 1.165) is 30.9 Å². The molecule has 0 aliphatic carbocycles. The number of halogens is 1. The Kier molecular flexibility index (Phi) is 7.59. The van der Waals surface area contributed by atoms with Crippen LogP contribution in [0.3, 0.4) is 0 Å². The van der Waals surface area contributed by atoms with Gasteiger partial charge < -0.3 is 19.8 Å². The fraction of sp³-hybridized carbons (Fsp3) is 0.360. The zero-order valence-electron chi connectivity index (χ0n) is 19.1. The molecule has 7 heteroatoms. The highest BCUT2D eigenvalue weighted by atomic mass is 35.5. The molecule has 32 heavy (non-hydrogen) atoms. The van der Waals surface area contributed by atoms with E-state index in [4.69, 9.17) is 11.6 Å². The maximum atomic E-state index is 13.1. The molecule has 170 valence electrons. The zero-order chi connectivity index (χ0) is 23.4. The first kappa shape index (κ1) is 23.8. The number of aliphatic hydroxyl groups is 1. The van der Waals surface area contributed by atoms with E-state index in [2.05, 4.69) is 13.8 Å². The van der Waals surface area contributed by atoms with Crippen molar-refractivity contribution in [2.75, 3.05) is 45.2 Å². The number of likely N-dealkylation sites (N-methyl/N-ethyl adjacent to an activating group) is 1. The maximum Gasteiger partial charge on any atom is 0.295 e. The van der Waals surface area contributed by atoms with E-state index in [9.17, 15) is 14.7 Å². The van der Waals surface area contributed by atoms with E-state index in [1.165, 1.54) is 4.90 Å². The van der Waals surface area contributed by atoms with Crippen molar-refractivity contribution < 1.29 is 19.6 Å². The normalized spacial score (nSPS) is 17.9. The molecule has 3 rings (SSSR count). The maximum absolute atomic E-state index is 13.1. The Morgan fingerprint density at radius 2 is 1.62 bits per heavy atom. The summed E-state index contributed by atoms with van der Waals surface area (Å²) in [6.07, 6.45) is 0. The van der Waals surface area contributed by atoms with E-state index in [1.807, 2.05) is 43.3 Å². The van der Waals surface area contributed by atoms with Crippen molar-refractivity contribution in [1.29, 1.82) is 0 Å². The van der Waals surface area contributed by atoms with E-state index in [-0.39, 0.29) is 11.3 Å². The Hall–Kier alpha value is -2.83. The van der Waals surface area contributed by atoms with Gasteiger partial charge >= 0.3 is 0 Å². The predicted octanol–water partition coefficient (Wildman–Crippen LogP) is 2.75. The second-order valence-electron chi connectivity index (χ2n) is 8.19. The minimum Gasteiger partial charge on any atom is -0.507 e. The average Bonchev–Trinajstić information content (AvgIpc) is 3.04. The second kappa shape index (κ2) is 10.2. The monoisotopic (exact) mass is 456 g/mol. The van der Waals surface area contributed by atoms with Crippen LogP contribution in [-0.4, -0.2) is 62.0 Å². The molecule has 6 nitrogen and oxygen atoms in total.